The van der Waals surface area contributed by atoms with Gasteiger partial charge in [0.15, 0.2) is 0 Å². The summed E-state index contributed by atoms with van der Waals surface area (Å²) in [4.78, 5) is 0. The molecule has 1 fully saturated rings. The van der Waals surface area contributed by atoms with Gasteiger partial charge in [0.2, 0.25) is 0 Å². The second kappa shape index (κ2) is 3.09. The van der Waals surface area contributed by atoms with Crippen molar-refractivity contribution in [3.05, 3.63) is 0 Å². The highest BCUT2D eigenvalue weighted by molar-refractivity contribution is 4.97. The van der Waals surface area contributed by atoms with Crippen LogP contribution in [-0.2, 0) is 0 Å². The molecule has 0 spiro atoms. The van der Waals surface area contributed by atoms with Crippen LogP contribution in [0.4, 0.5) is 0 Å². The summed E-state index contributed by atoms with van der Waals surface area (Å²) in [6.07, 6.45) is -0.737. The lowest BCUT2D eigenvalue weighted by Gasteiger charge is -2.13. The third-order valence-corrected chi connectivity index (χ3v) is 2.99. The first kappa shape index (κ1) is 8.97. The second-order valence-electron chi connectivity index (χ2n) is 3.63. The molecule has 0 radical (unpaired) electrons. The van der Waals surface area contributed by atoms with Crippen LogP contribution in [-0.4, -0.2) is 23.0 Å². The van der Waals surface area contributed by atoms with Crippen LogP contribution in [0.15, 0.2) is 0 Å². The SMILES string of the molecule is CC(C(N)O)C1C(C)C1CO. The summed E-state index contributed by atoms with van der Waals surface area (Å²) >= 11 is 0. The molecule has 11 heavy (non-hydrogen) atoms. The van der Waals surface area contributed by atoms with Crippen molar-refractivity contribution in [2.75, 3.05) is 6.61 Å². The van der Waals surface area contributed by atoms with Gasteiger partial charge in [-0.15, -0.1) is 0 Å². The van der Waals surface area contributed by atoms with E-state index >= 15 is 0 Å². The van der Waals surface area contributed by atoms with Gasteiger partial charge in [-0.3, -0.25) is 0 Å². The highest BCUT2D eigenvalue weighted by atomic mass is 16.3. The van der Waals surface area contributed by atoms with Crippen LogP contribution in [0.1, 0.15) is 13.8 Å². The molecule has 4 N–H and O–H groups in total. The first-order chi connectivity index (χ1) is 5.09. The van der Waals surface area contributed by atoms with E-state index in [1.54, 1.807) is 0 Å². The Hall–Kier alpha value is -0.120. The molecule has 5 atom stereocenters. The van der Waals surface area contributed by atoms with Crippen LogP contribution in [0.3, 0.4) is 0 Å². The Kier molecular flexibility index (Phi) is 2.52. The van der Waals surface area contributed by atoms with Gasteiger partial charge in [0.25, 0.3) is 0 Å². The molecule has 0 heterocycles. The van der Waals surface area contributed by atoms with Crippen LogP contribution in [0.5, 0.6) is 0 Å². The number of hydrogen-bond donors (Lipinski definition) is 3. The number of aliphatic hydroxyl groups is 2. The maximum absolute atomic E-state index is 9.06. The molecule has 0 aliphatic heterocycles. The van der Waals surface area contributed by atoms with Gasteiger partial charge in [0.05, 0.1) is 0 Å². The molecule has 3 heteroatoms. The molecule has 1 aliphatic rings. The van der Waals surface area contributed by atoms with Crippen molar-refractivity contribution in [2.24, 2.45) is 29.4 Å². The third kappa shape index (κ3) is 1.55. The summed E-state index contributed by atoms with van der Waals surface area (Å²) in [6.45, 7) is 4.24. The second-order valence-corrected chi connectivity index (χ2v) is 3.63. The summed E-state index contributed by atoms with van der Waals surface area (Å²) < 4.78 is 0. The van der Waals surface area contributed by atoms with Crippen LogP contribution in [0.25, 0.3) is 0 Å². The van der Waals surface area contributed by atoms with Gasteiger partial charge in [-0.25, -0.2) is 0 Å². The maximum Gasteiger partial charge on any atom is 0.105 e. The fourth-order valence-corrected chi connectivity index (χ4v) is 1.96. The fraction of sp³-hybridized carbons (Fsp3) is 1.00. The van der Waals surface area contributed by atoms with Gasteiger partial charge >= 0.3 is 0 Å². The summed E-state index contributed by atoms with van der Waals surface area (Å²) in [5.41, 5.74) is 5.33. The Labute approximate surface area is 67.2 Å². The van der Waals surface area contributed by atoms with Gasteiger partial charge in [-0.05, 0) is 23.7 Å². The van der Waals surface area contributed by atoms with Gasteiger partial charge < -0.3 is 15.9 Å². The normalized spacial score (nSPS) is 41.7. The number of nitrogens with two attached hydrogens (primary N) is 1. The number of rotatable bonds is 3. The first-order valence-corrected chi connectivity index (χ1v) is 4.14. The summed E-state index contributed by atoms with van der Waals surface area (Å²) in [5.74, 6) is 1.42. The fourth-order valence-electron chi connectivity index (χ4n) is 1.96. The van der Waals surface area contributed by atoms with Crippen molar-refractivity contribution in [2.45, 2.75) is 20.1 Å². The molecule has 0 saturated heterocycles. The minimum absolute atomic E-state index is 0.113. The lowest BCUT2D eigenvalue weighted by atomic mass is 10.0. The Balaban J connectivity index is 2.39. The van der Waals surface area contributed by atoms with Gasteiger partial charge in [-0.2, -0.15) is 0 Å². The minimum Gasteiger partial charge on any atom is -0.396 e. The molecule has 5 unspecified atom stereocenters. The highest BCUT2D eigenvalue weighted by Gasteiger charge is 2.50. The van der Waals surface area contributed by atoms with E-state index in [4.69, 9.17) is 15.9 Å². The van der Waals surface area contributed by atoms with Gasteiger partial charge in [0, 0.05) is 6.61 Å². The largest absolute Gasteiger partial charge is 0.396 e. The van der Waals surface area contributed by atoms with E-state index in [2.05, 4.69) is 6.92 Å². The van der Waals surface area contributed by atoms with Crippen LogP contribution < -0.4 is 5.73 Å². The van der Waals surface area contributed by atoms with Crippen molar-refractivity contribution in [3.63, 3.8) is 0 Å². The maximum atomic E-state index is 9.06. The summed E-state index contributed by atoms with van der Waals surface area (Å²) in [5, 5.41) is 17.9. The summed E-state index contributed by atoms with van der Waals surface area (Å²) in [7, 11) is 0. The predicted octanol–water partition coefficient (Wildman–Crippen LogP) is -0.226. The predicted molar refractivity (Wildman–Crippen MR) is 42.6 cm³/mol. The van der Waals surface area contributed by atoms with E-state index in [0.29, 0.717) is 17.8 Å². The van der Waals surface area contributed by atoms with Crippen molar-refractivity contribution in [1.82, 2.24) is 0 Å². The molecular formula is C8H17NO2. The van der Waals surface area contributed by atoms with Crippen molar-refractivity contribution < 1.29 is 10.2 Å². The Morgan fingerprint density at radius 3 is 2.36 bits per heavy atom. The summed E-state index contributed by atoms with van der Waals surface area (Å²) in [6, 6.07) is 0. The molecule has 0 amide bonds. The molecule has 66 valence electrons. The van der Waals surface area contributed by atoms with Crippen LogP contribution >= 0.6 is 0 Å². The lowest BCUT2D eigenvalue weighted by molar-refractivity contribution is 0.103. The van der Waals surface area contributed by atoms with Crippen LogP contribution in [0, 0.1) is 23.7 Å². The zero-order valence-electron chi connectivity index (χ0n) is 7.07. The van der Waals surface area contributed by atoms with E-state index in [1.165, 1.54) is 0 Å². The monoisotopic (exact) mass is 159 g/mol. The molecule has 1 saturated carbocycles. The molecule has 1 rings (SSSR count). The first-order valence-electron chi connectivity index (χ1n) is 4.14. The Morgan fingerprint density at radius 2 is 2.09 bits per heavy atom. The zero-order valence-corrected chi connectivity index (χ0v) is 7.07. The average Bonchev–Trinajstić information content (AvgIpc) is 2.59. The van der Waals surface area contributed by atoms with Crippen LogP contribution in [0.2, 0.25) is 0 Å². The smallest absolute Gasteiger partial charge is 0.105 e. The molecule has 3 nitrogen and oxygen atoms in total. The lowest BCUT2D eigenvalue weighted by Crippen LogP contribution is -2.29. The quantitative estimate of drug-likeness (QED) is 0.498. The molecule has 1 aliphatic carbocycles. The Bertz CT molecular complexity index is 138. The minimum atomic E-state index is -0.737. The Morgan fingerprint density at radius 1 is 1.55 bits per heavy atom. The molecule has 0 bridgehead atoms. The van der Waals surface area contributed by atoms with E-state index in [-0.39, 0.29) is 12.5 Å². The van der Waals surface area contributed by atoms with E-state index in [9.17, 15) is 0 Å². The molecule has 0 aromatic rings. The van der Waals surface area contributed by atoms with Crippen molar-refractivity contribution in [3.8, 4) is 0 Å². The topological polar surface area (TPSA) is 66.5 Å². The van der Waals surface area contributed by atoms with Crippen molar-refractivity contribution >= 4 is 0 Å². The zero-order chi connectivity index (χ0) is 8.59. The molecule has 0 aromatic heterocycles. The average molecular weight is 159 g/mol. The number of hydrogen-bond acceptors (Lipinski definition) is 3. The molecular weight excluding hydrogens is 142 g/mol. The van der Waals surface area contributed by atoms with E-state index < -0.39 is 6.23 Å². The van der Waals surface area contributed by atoms with Gasteiger partial charge in [-0.1, -0.05) is 13.8 Å². The van der Waals surface area contributed by atoms with Crippen molar-refractivity contribution in [1.29, 1.82) is 0 Å². The van der Waals surface area contributed by atoms with E-state index in [1.807, 2.05) is 6.92 Å². The van der Waals surface area contributed by atoms with Gasteiger partial charge in [0.1, 0.15) is 6.23 Å². The third-order valence-electron chi connectivity index (χ3n) is 2.99. The highest BCUT2D eigenvalue weighted by Crippen LogP contribution is 2.50. The molecule has 0 aromatic carbocycles. The standard InChI is InChI=1S/C8H17NO2/c1-4-6(3-10)7(4)5(2)8(9)11/h4-8,10-11H,3,9H2,1-2H3. The van der Waals surface area contributed by atoms with E-state index in [0.717, 1.165) is 0 Å². The number of aliphatic hydroxyl groups excluding tert-OH is 2.